The fraction of sp³-hybridized carbons (Fsp3) is 0.174. The number of nitrogens with one attached hydrogen (secondary N) is 1. The molecule has 0 aliphatic carbocycles. The third-order valence-corrected chi connectivity index (χ3v) is 5.20. The first-order valence-electron chi connectivity index (χ1n) is 9.46. The molecule has 1 aromatic heterocycles. The number of pyridine rings is 1. The Hall–Kier alpha value is -3.55. The molecule has 158 valence electrons. The SMILES string of the molecule is O=C1Cc2ccc(C(=O)C[C@@H](c3ccc(C(F)(F)F)cc3)c3ncccc3F)cc2N1. The Labute approximate surface area is 174 Å². The largest absolute Gasteiger partial charge is 0.416 e. The molecule has 1 aliphatic rings. The molecule has 8 heteroatoms. The van der Waals surface area contributed by atoms with Crippen molar-refractivity contribution in [1.29, 1.82) is 0 Å². The summed E-state index contributed by atoms with van der Waals surface area (Å²) in [7, 11) is 0. The lowest BCUT2D eigenvalue weighted by atomic mass is 9.87. The summed E-state index contributed by atoms with van der Waals surface area (Å²) in [6, 6.07) is 11.7. The number of fused-ring (bicyclic) bond motifs is 1. The van der Waals surface area contributed by atoms with Crippen molar-refractivity contribution in [1.82, 2.24) is 4.98 Å². The first-order valence-corrected chi connectivity index (χ1v) is 9.46. The topological polar surface area (TPSA) is 59.1 Å². The molecule has 4 nitrogen and oxygen atoms in total. The molecule has 0 saturated carbocycles. The van der Waals surface area contributed by atoms with Crippen LogP contribution in [0.2, 0.25) is 0 Å². The van der Waals surface area contributed by atoms with E-state index in [-0.39, 0.29) is 30.2 Å². The molecule has 0 fully saturated rings. The van der Waals surface area contributed by atoms with Crippen LogP contribution in [0.25, 0.3) is 0 Å². The van der Waals surface area contributed by atoms with Gasteiger partial charge in [-0.25, -0.2) is 4.39 Å². The Morgan fingerprint density at radius 1 is 1.10 bits per heavy atom. The molecule has 4 rings (SSSR count). The molecular formula is C23H16F4N2O2. The number of anilines is 1. The van der Waals surface area contributed by atoms with Crippen LogP contribution in [-0.4, -0.2) is 16.7 Å². The van der Waals surface area contributed by atoms with Gasteiger partial charge in [-0.1, -0.05) is 24.3 Å². The summed E-state index contributed by atoms with van der Waals surface area (Å²) in [6.45, 7) is 0. The minimum Gasteiger partial charge on any atom is -0.326 e. The van der Waals surface area contributed by atoms with Crippen molar-refractivity contribution in [3.05, 3.63) is 94.6 Å². The standard InChI is InChI=1S/C23H16F4N2O2/c24-18-2-1-9-28-22(18)17(13-5-7-16(8-6-13)23(25,26)27)12-20(30)15-4-3-14-11-21(31)29-19(14)10-15/h1-10,17H,11-12H2,(H,29,31)/t17-/m0/s1. The van der Waals surface area contributed by atoms with E-state index in [0.29, 0.717) is 16.8 Å². The van der Waals surface area contributed by atoms with Crippen molar-refractivity contribution in [2.24, 2.45) is 0 Å². The zero-order valence-corrected chi connectivity index (χ0v) is 16.0. The molecule has 1 atom stereocenters. The number of carbonyl (C=O) groups is 2. The van der Waals surface area contributed by atoms with Crippen LogP contribution in [0.3, 0.4) is 0 Å². The predicted molar refractivity (Wildman–Crippen MR) is 105 cm³/mol. The van der Waals surface area contributed by atoms with E-state index >= 15 is 0 Å². The van der Waals surface area contributed by atoms with Crippen molar-refractivity contribution < 1.29 is 27.2 Å². The summed E-state index contributed by atoms with van der Waals surface area (Å²) in [5.41, 5.74) is 1.12. The highest BCUT2D eigenvalue weighted by Gasteiger charge is 2.31. The first-order chi connectivity index (χ1) is 14.7. The number of halogens is 4. The number of carbonyl (C=O) groups excluding carboxylic acids is 2. The second-order valence-corrected chi connectivity index (χ2v) is 7.27. The van der Waals surface area contributed by atoms with Crippen LogP contribution in [0.15, 0.2) is 60.8 Å². The monoisotopic (exact) mass is 428 g/mol. The van der Waals surface area contributed by atoms with Crippen LogP contribution >= 0.6 is 0 Å². The number of nitrogens with zero attached hydrogens (tertiary/aromatic N) is 1. The Morgan fingerprint density at radius 2 is 1.84 bits per heavy atom. The van der Waals surface area contributed by atoms with Crippen molar-refractivity contribution >= 4 is 17.4 Å². The molecule has 2 aromatic carbocycles. The molecule has 0 spiro atoms. The second-order valence-electron chi connectivity index (χ2n) is 7.27. The number of ketones is 1. The first kappa shape index (κ1) is 20.7. The fourth-order valence-electron chi connectivity index (χ4n) is 3.62. The highest BCUT2D eigenvalue weighted by atomic mass is 19.4. The smallest absolute Gasteiger partial charge is 0.326 e. The highest BCUT2D eigenvalue weighted by Crippen LogP contribution is 2.34. The molecule has 0 radical (unpaired) electrons. The van der Waals surface area contributed by atoms with E-state index < -0.39 is 23.5 Å². The van der Waals surface area contributed by atoms with E-state index in [9.17, 15) is 27.2 Å². The quantitative estimate of drug-likeness (QED) is 0.452. The molecule has 1 aliphatic heterocycles. The molecule has 0 saturated heterocycles. The number of alkyl halides is 3. The van der Waals surface area contributed by atoms with Gasteiger partial charge in [0.1, 0.15) is 5.82 Å². The van der Waals surface area contributed by atoms with Crippen LogP contribution < -0.4 is 5.32 Å². The Kier molecular flexibility index (Phi) is 5.31. The number of Topliss-reactive ketones (excluding diaryl/α,β-unsaturated/α-hetero) is 1. The van der Waals surface area contributed by atoms with Crippen molar-refractivity contribution in [3.8, 4) is 0 Å². The minimum atomic E-state index is -4.51. The minimum absolute atomic E-state index is 0.0231. The van der Waals surface area contributed by atoms with Gasteiger partial charge in [-0.2, -0.15) is 13.2 Å². The number of hydrogen-bond donors (Lipinski definition) is 1. The van der Waals surface area contributed by atoms with Crippen molar-refractivity contribution in [2.75, 3.05) is 5.32 Å². The zero-order valence-electron chi connectivity index (χ0n) is 16.0. The fourth-order valence-corrected chi connectivity index (χ4v) is 3.62. The van der Waals surface area contributed by atoms with Gasteiger partial charge in [0.2, 0.25) is 5.91 Å². The number of rotatable bonds is 5. The number of hydrogen-bond acceptors (Lipinski definition) is 3. The summed E-state index contributed by atoms with van der Waals surface area (Å²) >= 11 is 0. The van der Waals surface area contributed by atoms with Crippen LogP contribution in [0.1, 0.15) is 45.1 Å². The maximum absolute atomic E-state index is 14.5. The maximum Gasteiger partial charge on any atom is 0.416 e. The van der Waals surface area contributed by atoms with Gasteiger partial charge in [0.15, 0.2) is 5.78 Å². The highest BCUT2D eigenvalue weighted by molar-refractivity contribution is 6.03. The summed E-state index contributed by atoms with van der Waals surface area (Å²) < 4.78 is 53.2. The summed E-state index contributed by atoms with van der Waals surface area (Å²) in [5, 5.41) is 2.67. The molecule has 1 N–H and O–H groups in total. The van der Waals surface area contributed by atoms with Gasteiger partial charge >= 0.3 is 6.18 Å². The normalized spacial score (nSPS) is 14.1. The number of amides is 1. The lowest BCUT2D eigenvalue weighted by Crippen LogP contribution is -2.13. The van der Waals surface area contributed by atoms with Crippen molar-refractivity contribution in [3.63, 3.8) is 0 Å². The van der Waals surface area contributed by atoms with Crippen LogP contribution in [0.5, 0.6) is 0 Å². The summed E-state index contributed by atoms with van der Waals surface area (Å²) in [5.74, 6) is -2.04. The average molecular weight is 428 g/mol. The average Bonchev–Trinajstić information content (AvgIpc) is 3.11. The van der Waals surface area contributed by atoms with Gasteiger partial charge in [-0.3, -0.25) is 14.6 Å². The van der Waals surface area contributed by atoms with Gasteiger partial charge in [-0.15, -0.1) is 0 Å². The van der Waals surface area contributed by atoms with E-state index in [1.165, 1.54) is 30.5 Å². The van der Waals surface area contributed by atoms with E-state index in [1.54, 1.807) is 18.2 Å². The van der Waals surface area contributed by atoms with Crippen LogP contribution in [-0.2, 0) is 17.4 Å². The van der Waals surface area contributed by atoms with E-state index in [4.69, 9.17) is 0 Å². The van der Waals surface area contributed by atoms with Gasteiger partial charge in [0.05, 0.1) is 17.7 Å². The second kappa shape index (κ2) is 7.94. The lowest BCUT2D eigenvalue weighted by molar-refractivity contribution is -0.137. The van der Waals surface area contributed by atoms with Gasteiger partial charge in [-0.05, 0) is 41.5 Å². The molecular weight excluding hydrogens is 412 g/mol. The molecule has 2 heterocycles. The molecule has 31 heavy (non-hydrogen) atoms. The Morgan fingerprint density at radius 3 is 2.52 bits per heavy atom. The molecule has 0 bridgehead atoms. The summed E-state index contributed by atoms with van der Waals surface area (Å²) in [6.07, 6.45) is -3.11. The molecule has 3 aromatic rings. The third kappa shape index (κ3) is 4.33. The van der Waals surface area contributed by atoms with Gasteiger partial charge in [0, 0.05) is 29.8 Å². The maximum atomic E-state index is 14.5. The Balaban J connectivity index is 1.67. The number of benzene rings is 2. The van der Waals surface area contributed by atoms with Crippen LogP contribution in [0.4, 0.5) is 23.2 Å². The summed E-state index contributed by atoms with van der Waals surface area (Å²) in [4.78, 5) is 28.6. The number of aromatic nitrogens is 1. The predicted octanol–water partition coefficient (Wildman–Crippen LogP) is 5.14. The van der Waals surface area contributed by atoms with Crippen LogP contribution in [0, 0.1) is 5.82 Å². The lowest BCUT2D eigenvalue weighted by Gasteiger charge is -2.18. The Bertz CT molecular complexity index is 1160. The third-order valence-electron chi connectivity index (χ3n) is 5.20. The zero-order chi connectivity index (χ0) is 22.2. The van der Waals surface area contributed by atoms with Crippen molar-refractivity contribution in [2.45, 2.75) is 24.9 Å². The van der Waals surface area contributed by atoms with Gasteiger partial charge < -0.3 is 5.32 Å². The van der Waals surface area contributed by atoms with E-state index in [2.05, 4.69) is 10.3 Å². The van der Waals surface area contributed by atoms with E-state index in [1.807, 2.05) is 0 Å². The molecule has 1 amide bonds. The van der Waals surface area contributed by atoms with E-state index in [0.717, 1.165) is 17.7 Å². The van der Waals surface area contributed by atoms with Gasteiger partial charge in [0.25, 0.3) is 0 Å². The molecule has 0 unspecified atom stereocenters.